The Morgan fingerprint density at radius 3 is 1.79 bits per heavy atom. The zero-order valence-corrected chi connectivity index (χ0v) is 26.8. The van der Waals surface area contributed by atoms with Gasteiger partial charge in [-0.3, -0.25) is 0 Å². The van der Waals surface area contributed by atoms with Gasteiger partial charge in [0.2, 0.25) is 0 Å². The molecule has 0 saturated carbocycles. The van der Waals surface area contributed by atoms with Crippen LogP contribution in [0.2, 0.25) is 0 Å². The highest BCUT2D eigenvalue weighted by atomic mass is 35.5. The van der Waals surface area contributed by atoms with Crippen LogP contribution in [0, 0.1) is 11.8 Å². The Morgan fingerprint density at radius 2 is 1.33 bits per heavy atom. The number of hydrogen-bond donors (Lipinski definition) is 3. The van der Waals surface area contributed by atoms with E-state index < -0.39 is 11.7 Å². The van der Waals surface area contributed by atoms with Crippen molar-refractivity contribution in [3.63, 3.8) is 0 Å². The van der Waals surface area contributed by atoms with Crippen molar-refractivity contribution in [1.29, 1.82) is 0 Å². The largest absolute Gasteiger partial charge is 0.445 e. The van der Waals surface area contributed by atoms with E-state index in [1.54, 1.807) is 4.90 Å². The average molecular weight is 642 g/mol. The second kappa shape index (κ2) is 19.9. The maximum Gasteiger partial charge on any atom is 0.410 e. The van der Waals surface area contributed by atoms with Gasteiger partial charge in [0.25, 0.3) is 0 Å². The lowest BCUT2D eigenvalue weighted by Gasteiger charge is -2.24. The Hall–Kier alpha value is -3.21. The van der Waals surface area contributed by atoms with Crippen LogP contribution in [-0.4, -0.2) is 68.0 Å². The second-order valence-electron chi connectivity index (χ2n) is 11.3. The Bertz CT molecular complexity index is 1080. The summed E-state index contributed by atoms with van der Waals surface area (Å²) < 4.78 is 15.6. The van der Waals surface area contributed by atoms with Gasteiger partial charge in [-0.1, -0.05) is 60.7 Å². The number of hydrogen-bond acceptors (Lipinski definition) is 7. The molecule has 2 unspecified atom stereocenters. The van der Waals surface area contributed by atoms with Crippen LogP contribution >= 0.6 is 24.8 Å². The molecule has 2 saturated heterocycles. The van der Waals surface area contributed by atoms with Crippen LogP contribution in [0.5, 0.6) is 0 Å². The fourth-order valence-corrected chi connectivity index (χ4v) is 4.38. The molecule has 0 bridgehead atoms. The van der Waals surface area contributed by atoms with Gasteiger partial charge in [-0.25, -0.2) is 14.4 Å². The van der Waals surface area contributed by atoms with Crippen molar-refractivity contribution >= 4 is 43.1 Å². The summed E-state index contributed by atoms with van der Waals surface area (Å²) in [4.78, 5) is 36.8. The number of halogens is 2. The predicted octanol–water partition coefficient (Wildman–Crippen LogP) is 5.54. The van der Waals surface area contributed by atoms with Crippen LogP contribution in [0.3, 0.4) is 0 Å². The van der Waals surface area contributed by atoms with Crippen LogP contribution in [-0.2, 0) is 27.4 Å². The van der Waals surface area contributed by atoms with Crippen LogP contribution in [0.4, 0.5) is 14.4 Å². The molecule has 3 amide bonds. The average Bonchev–Trinajstić information content (AvgIpc) is 3.66. The zero-order valence-electron chi connectivity index (χ0n) is 25.2. The van der Waals surface area contributed by atoms with Gasteiger partial charge in [-0.15, -0.1) is 24.8 Å². The fraction of sp³-hybridized carbons (Fsp3) is 0.516. The first-order valence-corrected chi connectivity index (χ1v) is 14.3. The molecule has 2 aromatic carbocycles. The van der Waals surface area contributed by atoms with E-state index in [0.29, 0.717) is 38.7 Å². The Labute approximate surface area is 267 Å². The second-order valence-corrected chi connectivity index (χ2v) is 11.3. The van der Waals surface area contributed by atoms with Crippen molar-refractivity contribution in [1.82, 2.24) is 20.9 Å². The lowest BCUT2D eigenvalue weighted by molar-refractivity contribution is 0.0288. The van der Waals surface area contributed by atoms with Crippen LogP contribution in [0.1, 0.15) is 44.7 Å². The molecular formula is C31H46Cl2N4O6. The summed E-state index contributed by atoms with van der Waals surface area (Å²) in [7, 11) is 0. The van der Waals surface area contributed by atoms with E-state index in [1.807, 2.05) is 81.4 Å². The first-order chi connectivity index (χ1) is 19.7. The number of amides is 3. The molecule has 0 spiro atoms. The number of nitrogens with one attached hydrogen (secondary N) is 3. The number of rotatable bonds is 8. The van der Waals surface area contributed by atoms with Gasteiger partial charge in [-0.05, 0) is 69.7 Å². The number of ether oxygens (including phenoxy) is 3. The molecule has 10 nitrogen and oxygen atoms in total. The molecule has 240 valence electrons. The quantitative estimate of drug-likeness (QED) is 0.324. The number of carbonyl (C=O) groups is 3. The summed E-state index contributed by atoms with van der Waals surface area (Å²) in [5.41, 5.74) is 1.46. The SMILES string of the molecule is CC(C)(C)OC(=O)N1CCC(CNC(=O)OCc2ccccc2)C1.Cl.Cl.O=C(NCC1CCNC1)OCc1ccccc1. The first kappa shape index (κ1) is 37.8. The monoisotopic (exact) mass is 640 g/mol. The van der Waals surface area contributed by atoms with Crippen molar-refractivity contribution in [3.8, 4) is 0 Å². The maximum atomic E-state index is 12.0. The topological polar surface area (TPSA) is 118 Å². The van der Waals surface area contributed by atoms with Crippen LogP contribution in [0.25, 0.3) is 0 Å². The predicted molar refractivity (Wildman–Crippen MR) is 171 cm³/mol. The highest BCUT2D eigenvalue weighted by Crippen LogP contribution is 2.19. The van der Waals surface area contributed by atoms with Gasteiger partial charge in [0.15, 0.2) is 0 Å². The Kier molecular flexibility index (Phi) is 17.5. The molecule has 0 radical (unpaired) electrons. The van der Waals surface area contributed by atoms with Crippen molar-refractivity contribution in [2.45, 2.75) is 52.4 Å². The smallest absolute Gasteiger partial charge is 0.410 e. The third kappa shape index (κ3) is 15.7. The summed E-state index contributed by atoms with van der Waals surface area (Å²) >= 11 is 0. The minimum absolute atomic E-state index is 0. The molecule has 2 aliphatic heterocycles. The molecule has 43 heavy (non-hydrogen) atoms. The molecular weight excluding hydrogens is 595 g/mol. The molecule has 0 aromatic heterocycles. The number of alkyl carbamates (subject to hydrolysis) is 2. The van der Waals surface area contributed by atoms with Crippen LogP contribution < -0.4 is 16.0 Å². The van der Waals surface area contributed by atoms with Crippen molar-refractivity contribution < 1.29 is 28.6 Å². The molecule has 2 aliphatic rings. The standard InChI is InChI=1S/C18H26N2O4.C13H18N2O2.2ClH/c1-18(2,3)24-17(22)20-10-9-15(12-20)11-19-16(21)23-13-14-7-5-4-6-8-14;16-13(15-9-12-6-7-14-8-12)17-10-11-4-2-1-3-5-11;;/h4-8,15H,9-13H2,1-3H3,(H,19,21);1-5,12,14H,6-10H2,(H,15,16);2*1H. The van der Waals surface area contributed by atoms with Gasteiger partial charge in [-0.2, -0.15) is 0 Å². The lowest BCUT2D eigenvalue weighted by atomic mass is 10.1. The molecule has 4 rings (SSSR count). The van der Waals surface area contributed by atoms with Crippen molar-refractivity contribution in [2.75, 3.05) is 39.3 Å². The minimum Gasteiger partial charge on any atom is -0.445 e. The molecule has 3 N–H and O–H groups in total. The van der Waals surface area contributed by atoms with Gasteiger partial charge < -0.3 is 35.1 Å². The molecule has 2 heterocycles. The van der Waals surface area contributed by atoms with E-state index in [0.717, 1.165) is 37.1 Å². The molecule has 12 heteroatoms. The summed E-state index contributed by atoms with van der Waals surface area (Å²) in [5, 5.41) is 8.82. The summed E-state index contributed by atoms with van der Waals surface area (Å²) in [6.07, 6.45) is 0.906. The molecule has 2 aromatic rings. The summed E-state index contributed by atoms with van der Waals surface area (Å²) in [6.45, 7) is 10.6. The van der Waals surface area contributed by atoms with E-state index in [2.05, 4.69) is 16.0 Å². The van der Waals surface area contributed by atoms with Gasteiger partial charge in [0, 0.05) is 26.2 Å². The number of nitrogens with zero attached hydrogens (tertiary/aromatic N) is 1. The molecule has 0 aliphatic carbocycles. The highest BCUT2D eigenvalue weighted by molar-refractivity contribution is 5.85. The molecule has 2 fully saturated rings. The Morgan fingerprint density at radius 1 is 0.814 bits per heavy atom. The van der Waals surface area contributed by atoms with Gasteiger partial charge in [0.05, 0.1) is 0 Å². The van der Waals surface area contributed by atoms with E-state index >= 15 is 0 Å². The van der Waals surface area contributed by atoms with E-state index in [4.69, 9.17) is 14.2 Å². The fourth-order valence-electron chi connectivity index (χ4n) is 4.38. The zero-order chi connectivity index (χ0) is 29.5. The van der Waals surface area contributed by atoms with Crippen molar-refractivity contribution in [3.05, 3.63) is 71.8 Å². The third-order valence-electron chi connectivity index (χ3n) is 6.60. The number of carbonyl (C=O) groups excluding carboxylic acids is 3. The maximum absolute atomic E-state index is 12.0. The van der Waals surface area contributed by atoms with E-state index in [-0.39, 0.29) is 49.5 Å². The van der Waals surface area contributed by atoms with E-state index in [1.165, 1.54) is 0 Å². The Balaban J connectivity index is 0.000000432. The van der Waals surface area contributed by atoms with E-state index in [9.17, 15) is 14.4 Å². The molecule has 2 atom stereocenters. The van der Waals surface area contributed by atoms with Crippen molar-refractivity contribution in [2.24, 2.45) is 11.8 Å². The third-order valence-corrected chi connectivity index (χ3v) is 6.60. The minimum atomic E-state index is -0.491. The normalized spacial score (nSPS) is 17.2. The van der Waals surface area contributed by atoms with Crippen LogP contribution in [0.15, 0.2) is 60.7 Å². The summed E-state index contributed by atoms with van der Waals surface area (Å²) in [5.74, 6) is 0.765. The van der Waals surface area contributed by atoms with Gasteiger partial charge >= 0.3 is 18.3 Å². The highest BCUT2D eigenvalue weighted by Gasteiger charge is 2.30. The number of likely N-dealkylation sites (tertiary alicyclic amines) is 1. The summed E-state index contributed by atoms with van der Waals surface area (Å²) in [6, 6.07) is 19.2. The number of benzene rings is 2. The lowest BCUT2D eigenvalue weighted by Crippen LogP contribution is -2.36. The first-order valence-electron chi connectivity index (χ1n) is 14.3. The van der Waals surface area contributed by atoms with Gasteiger partial charge in [0.1, 0.15) is 18.8 Å².